The summed E-state index contributed by atoms with van der Waals surface area (Å²) in [5.74, 6) is 0.725. The minimum Gasteiger partial charge on any atom is -0.393 e. The molecule has 0 fully saturated rings. The topological polar surface area (TPSA) is 26.0 Å². The third kappa shape index (κ3) is 2.48. The number of hydrogen-bond acceptors (Lipinski definition) is 1. The standard InChI is InChI=1S/C8H13NS/c9-8(10)6-7-4-2-1-3-5-7/h1-2,7H,3-6H2,(H2,9,10). The van der Waals surface area contributed by atoms with Gasteiger partial charge < -0.3 is 5.73 Å². The number of rotatable bonds is 2. The van der Waals surface area contributed by atoms with E-state index in [4.69, 9.17) is 18.0 Å². The Morgan fingerprint density at radius 3 is 2.90 bits per heavy atom. The van der Waals surface area contributed by atoms with E-state index in [2.05, 4.69) is 12.2 Å². The average Bonchev–Trinajstić information content (AvgIpc) is 1.88. The quantitative estimate of drug-likeness (QED) is 0.487. The molecule has 0 aromatic rings. The zero-order valence-corrected chi connectivity index (χ0v) is 6.86. The van der Waals surface area contributed by atoms with E-state index in [-0.39, 0.29) is 0 Å². The normalized spacial score (nSPS) is 24.6. The fourth-order valence-corrected chi connectivity index (χ4v) is 1.56. The molecule has 0 radical (unpaired) electrons. The Bertz CT molecular complexity index is 151. The molecule has 0 heterocycles. The lowest BCUT2D eigenvalue weighted by molar-refractivity contribution is 0.498. The molecule has 1 rings (SSSR count). The van der Waals surface area contributed by atoms with Crippen LogP contribution in [0.4, 0.5) is 0 Å². The fourth-order valence-electron chi connectivity index (χ4n) is 1.33. The number of hydrogen-bond donors (Lipinski definition) is 1. The molecule has 0 aromatic carbocycles. The van der Waals surface area contributed by atoms with Crippen LogP contribution in [0.25, 0.3) is 0 Å². The van der Waals surface area contributed by atoms with E-state index >= 15 is 0 Å². The highest BCUT2D eigenvalue weighted by molar-refractivity contribution is 7.80. The van der Waals surface area contributed by atoms with Crippen LogP contribution < -0.4 is 5.73 Å². The molecule has 56 valence electrons. The lowest BCUT2D eigenvalue weighted by atomic mass is 9.92. The SMILES string of the molecule is NC(=S)CC1CC=CCC1. The summed E-state index contributed by atoms with van der Waals surface area (Å²) in [4.78, 5) is 0.667. The van der Waals surface area contributed by atoms with E-state index in [0.717, 1.165) is 18.8 Å². The molecule has 0 bridgehead atoms. The third-order valence-electron chi connectivity index (χ3n) is 1.87. The molecule has 0 aromatic heterocycles. The molecule has 10 heavy (non-hydrogen) atoms. The molecule has 0 saturated heterocycles. The van der Waals surface area contributed by atoms with Gasteiger partial charge in [-0.2, -0.15) is 0 Å². The smallest absolute Gasteiger partial charge is 0.0730 e. The van der Waals surface area contributed by atoms with Crippen LogP contribution >= 0.6 is 12.2 Å². The molecule has 0 saturated carbocycles. The van der Waals surface area contributed by atoms with Gasteiger partial charge in [0.05, 0.1) is 4.99 Å². The van der Waals surface area contributed by atoms with Crippen LogP contribution in [-0.2, 0) is 0 Å². The lowest BCUT2D eigenvalue weighted by Gasteiger charge is -2.15. The van der Waals surface area contributed by atoms with E-state index in [1.807, 2.05) is 0 Å². The van der Waals surface area contributed by atoms with Crippen molar-refractivity contribution in [2.45, 2.75) is 25.7 Å². The lowest BCUT2D eigenvalue weighted by Crippen LogP contribution is -2.14. The number of nitrogens with two attached hydrogens (primary N) is 1. The van der Waals surface area contributed by atoms with Crippen molar-refractivity contribution in [2.75, 3.05) is 0 Å². The highest BCUT2D eigenvalue weighted by Gasteiger charge is 2.09. The molecular weight excluding hydrogens is 142 g/mol. The van der Waals surface area contributed by atoms with Gasteiger partial charge in [-0.15, -0.1) is 0 Å². The number of allylic oxidation sites excluding steroid dienone is 2. The zero-order valence-electron chi connectivity index (χ0n) is 6.05. The molecule has 1 aliphatic carbocycles. The van der Waals surface area contributed by atoms with Crippen LogP contribution in [0, 0.1) is 5.92 Å². The van der Waals surface area contributed by atoms with E-state index in [0.29, 0.717) is 4.99 Å². The van der Waals surface area contributed by atoms with E-state index < -0.39 is 0 Å². The van der Waals surface area contributed by atoms with Crippen molar-refractivity contribution in [1.29, 1.82) is 0 Å². The van der Waals surface area contributed by atoms with Gasteiger partial charge in [-0.3, -0.25) is 0 Å². The highest BCUT2D eigenvalue weighted by atomic mass is 32.1. The first-order valence-electron chi connectivity index (χ1n) is 3.72. The predicted octanol–water partition coefficient (Wildman–Crippen LogP) is 2.02. The summed E-state index contributed by atoms with van der Waals surface area (Å²) in [7, 11) is 0. The largest absolute Gasteiger partial charge is 0.393 e. The maximum absolute atomic E-state index is 5.43. The minimum absolute atomic E-state index is 0.667. The molecule has 1 atom stereocenters. The molecule has 1 aliphatic rings. The van der Waals surface area contributed by atoms with Gasteiger partial charge in [-0.25, -0.2) is 0 Å². The Labute approximate surface area is 67.3 Å². The van der Waals surface area contributed by atoms with E-state index in [1.165, 1.54) is 12.8 Å². The Morgan fingerprint density at radius 2 is 2.40 bits per heavy atom. The van der Waals surface area contributed by atoms with Crippen molar-refractivity contribution >= 4 is 17.2 Å². The summed E-state index contributed by atoms with van der Waals surface area (Å²) >= 11 is 4.83. The summed E-state index contributed by atoms with van der Waals surface area (Å²) < 4.78 is 0. The Balaban J connectivity index is 2.28. The molecule has 0 aliphatic heterocycles. The van der Waals surface area contributed by atoms with E-state index in [1.54, 1.807) is 0 Å². The molecule has 0 amide bonds. The molecule has 2 N–H and O–H groups in total. The Kier molecular flexibility index (Phi) is 2.87. The maximum atomic E-state index is 5.43. The van der Waals surface area contributed by atoms with Crippen LogP contribution in [0.2, 0.25) is 0 Å². The second-order valence-corrected chi connectivity index (χ2v) is 3.35. The summed E-state index contributed by atoms with van der Waals surface area (Å²) in [6.07, 6.45) is 9.01. The van der Waals surface area contributed by atoms with Crippen LogP contribution in [0.3, 0.4) is 0 Å². The van der Waals surface area contributed by atoms with Crippen molar-refractivity contribution in [2.24, 2.45) is 11.7 Å². The van der Waals surface area contributed by atoms with Crippen LogP contribution in [-0.4, -0.2) is 4.99 Å². The summed E-state index contributed by atoms with van der Waals surface area (Å²) in [5, 5.41) is 0. The van der Waals surface area contributed by atoms with Crippen molar-refractivity contribution in [3.05, 3.63) is 12.2 Å². The fraction of sp³-hybridized carbons (Fsp3) is 0.625. The van der Waals surface area contributed by atoms with Gasteiger partial charge in [-0.1, -0.05) is 24.4 Å². The van der Waals surface area contributed by atoms with Crippen molar-refractivity contribution in [1.82, 2.24) is 0 Å². The monoisotopic (exact) mass is 155 g/mol. The highest BCUT2D eigenvalue weighted by Crippen LogP contribution is 2.20. The van der Waals surface area contributed by atoms with Crippen molar-refractivity contribution in [3.8, 4) is 0 Å². The molecule has 0 spiro atoms. The van der Waals surface area contributed by atoms with E-state index in [9.17, 15) is 0 Å². The second kappa shape index (κ2) is 3.71. The maximum Gasteiger partial charge on any atom is 0.0730 e. The van der Waals surface area contributed by atoms with Gasteiger partial charge in [-0.05, 0) is 25.2 Å². The first-order chi connectivity index (χ1) is 4.79. The molecule has 2 heteroatoms. The molecule has 1 unspecified atom stereocenters. The van der Waals surface area contributed by atoms with Gasteiger partial charge in [0, 0.05) is 6.42 Å². The van der Waals surface area contributed by atoms with Gasteiger partial charge in [0.1, 0.15) is 0 Å². The predicted molar refractivity (Wildman–Crippen MR) is 47.9 cm³/mol. The van der Waals surface area contributed by atoms with Crippen molar-refractivity contribution in [3.63, 3.8) is 0 Å². The summed E-state index contributed by atoms with van der Waals surface area (Å²) in [6, 6.07) is 0. The van der Waals surface area contributed by atoms with Crippen molar-refractivity contribution < 1.29 is 0 Å². The third-order valence-corrected chi connectivity index (χ3v) is 2.03. The molecular formula is C8H13NS. The first kappa shape index (κ1) is 7.73. The number of thiocarbonyl (C=S) groups is 1. The Morgan fingerprint density at radius 1 is 1.60 bits per heavy atom. The zero-order chi connectivity index (χ0) is 7.40. The second-order valence-electron chi connectivity index (χ2n) is 2.82. The Hall–Kier alpha value is -0.370. The van der Waals surface area contributed by atoms with Gasteiger partial charge >= 0.3 is 0 Å². The van der Waals surface area contributed by atoms with Crippen LogP contribution in [0.1, 0.15) is 25.7 Å². The van der Waals surface area contributed by atoms with Crippen LogP contribution in [0.5, 0.6) is 0 Å². The van der Waals surface area contributed by atoms with Gasteiger partial charge in [0.2, 0.25) is 0 Å². The average molecular weight is 155 g/mol. The van der Waals surface area contributed by atoms with Gasteiger partial charge in [0.25, 0.3) is 0 Å². The van der Waals surface area contributed by atoms with Gasteiger partial charge in [0.15, 0.2) is 0 Å². The van der Waals surface area contributed by atoms with Crippen LogP contribution in [0.15, 0.2) is 12.2 Å². The molecule has 1 nitrogen and oxygen atoms in total. The summed E-state index contributed by atoms with van der Waals surface area (Å²) in [6.45, 7) is 0. The minimum atomic E-state index is 0.667. The summed E-state index contributed by atoms with van der Waals surface area (Å²) in [5.41, 5.74) is 5.43. The first-order valence-corrected chi connectivity index (χ1v) is 4.13.